The summed E-state index contributed by atoms with van der Waals surface area (Å²) >= 11 is 1.06. The zero-order valence-electron chi connectivity index (χ0n) is 17.0. The Balaban J connectivity index is 1.31. The molecule has 1 fully saturated rings. The molecule has 1 saturated heterocycles. The lowest BCUT2D eigenvalue weighted by Gasteiger charge is -2.43. The summed E-state index contributed by atoms with van der Waals surface area (Å²) in [5, 5.41) is 26.6. The molecule has 0 spiro atoms. The van der Waals surface area contributed by atoms with Gasteiger partial charge in [-0.2, -0.15) is 0 Å². The van der Waals surface area contributed by atoms with Crippen molar-refractivity contribution in [3.05, 3.63) is 64.9 Å². The van der Waals surface area contributed by atoms with Crippen LogP contribution in [0, 0.1) is 5.92 Å². The van der Waals surface area contributed by atoms with Crippen molar-refractivity contribution in [3.8, 4) is 5.75 Å². The third-order valence-corrected chi connectivity index (χ3v) is 6.50. The largest absolute Gasteiger partial charge is 0.476 e. The Bertz CT molecular complexity index is 1320. The molecular formula is C21H16N4O7S. The minimum Gasteiger partial charge on any atom is -0.476 e. The number of para-hydroxylation sites is 1. The van der Waals surface area contributed by atoms with E-state index in [1.54, 1.807) is 24.3 Å². The Morgan fingerprint density at radius 1 is 1.15 bits per heavy atom. The second-order valence-electron chi connectivity index (χ2n) is 7.38. The number of ether oxygens (including phenoxy) is 1. The lowest BCUT2D eigenvalue weighted by atomic mass is 9.92. The Morgan fingerprint density at radius 2 is 1.88 bits per heavy atom. The number of fused-ring (bicyclic) bond motifs is 2. The Kier molecular flexibility index (Phi) is 5.02. The van der Waals surface area contributed by atoms with E-state index in [1.807, 2.05) is 0 Å². The van der Waals surface area contributed by atoms with Gasteiger partial charge in [0.05, 0.1) is 17.6 Å². The highest BCUT2D eigenvalue weighted by atomic mass is 32.2. The summed E-state index contributed by atoms with van der Waals surface area (Å²) in [5.41, 5.74) is 1.05. The first-order valence-electron chi connectivity index (χ1n) is 9.81. The maximum absolute atomic E-state index is 12.5. The molecule has 12 heteroatoms. The maximum atomic E-state index is 12.5. The molecular weight excluding hydrogens is 452 g/mol. The number of β-lactam (4-membered cyclic amide) rings is 1. The van der Waals surface area contributed by atoms with E-state index in [9.17, 15) is 24.6 Å². The first-order chi connectivity index (χ1) is 15.8. The SMILES string of the molecule is C[C@@H](O)[C@H]1C(=O)N2C(C(=O)O)=C(Oc3ccc(C(=O)On4nnc5ccccc54)cc3)S[C@H]12. The van der Waals surface area contributed by atoms with Crippen LogP contribution in [0.5, 0.6) is 5.75 Å². The van der Waals surface area contributed by atoms with Gasteiger partial charge in [0.15, 0.2) is 10.8 Å². The van der Waals surface area contributed by atoms with Gasteiger partial charge in [-0.3, -0.25) is 9.69 Å². The third kappa shape index (κ3) is 3.49. The number of aliphatic hydroxyl groups is 1. The number of carboxylic acids is 1. The number of hydrogen-bond donors (Lipinski definition) is 2. The van der Waals surface area contributed by atoms with Crippen LogP contribution >= 0.6 is 11.8 Å². The van der Waals surface area contributed by atoms with E-state index in [0.717, 1.165) is 21.5 Å². The first kappa shape index (κ1) is 21.0. The van der Waals surface area contributed by atoms with E-state index in [4.69, 9.17) is 9.57 Å². The topological polar surface area (TPSA) is 144 Å². The molecule has 2 N–H and O–H groups in total. The minimum absolute atomic E-state index is 0.0356. The Hall–Kier alpha value is -3.90. The smallest absolute Gasteiger partial charge is 0.365 e. The predicted molar refractivity (Wildman–Crippen MR) is 114 cm³/mol. The summed E-state index contributed by atoms with van der Waals surface area (Å²) in [7, 11) is 0. The molecule has 0 bridgehead atoms. The van der Waals surface area contributed by atoms with Gasteiger partial charge >= 0.3 is 11.9 Å². The zero-order chi connectivity index (χ0) is 23.3. The monoisotopic (exact) mass is 468 g/mol. The van der Waals surface area contributed by atoms with Crippen LogP contribution in [-0.2, 0) is 9.59 Å². The van der Waals surface area contributed by atoms with Gasteiger partial charge in [0, 0.05) is 0 Å². The highest BCUT2D eigenvalue weighted by molar-refractivity contribution is 8.03. The number of carboxylic acid groups (broad SMARTS) is 1. The van der Waals surface area contributed by atoms with Gasteiger partial charge in [0.2, 0.25) is 5.91 Å². The van der Waals surface area contributed by atoms with Crippen molar-refractivity contribution >= 4 is 40.6 Å². The predicted octanol–water partition coefficient (Wildman–Crippen LogP) is 1.24. The molecule has 0 aliphatic carbocycles. The molecule has 2 aliphatic heterocycles. The molecule has 168 valence electrons. The highest BCUT2D eigenvalue weighted by Crippen LogP contribution is 2.50. The molecule has 0 radical (unpaired) electrons. The molecule has 3 aromatic rings. The fourth-order valence-electron chi connectivity index (χ4n) is 3.63. The van der Waals surface area contributed by atoms with E-state index in [1.165, 1.54) is 31.2 Å². The quantitative estimate of drug-likeness (QED) is 0.400. The van der Waals surface area contributed by atoms with Crippen LogP contribution in [0.2, 0.25) is 0 Å². The normalized spacial score (nSPS) is 20.4. The van der Waals surface area contributed by atoms with Gasteiger partial charge in [-0.25, -0.2) is 9.59 Å². The number of benzene rings is 2. The number of nitrogens with zero attached hydrogens (tertiary/aromatic N) is 4. The summed E-state index contributed by atoms with van der Waals surface area (Å²) in [6, 6.07) is 12.9. The Labute approximate surface area is 190 Å². The minimum atomic E-state index is -1.31. The average Bonchev–Trinajstić information content (AvgIpc) is 3.33. The summed E-state index contributed by atoms with van der Waals surface area (Å²) in [6.45, 7) is 1.49. The van der Waals surface area contributed by atoms with Gasteiger partial charge < -0.3 is 19.8 Å². The number of aliphatic carboxylic acids is 1. The van der Waals surface area contributed by atoms with Crippen molar-refractivity contribution in [2.75, 3.05) is 0 Å². The highest BCUT2D eigenvalue weighted by Gasteiger charge is 2.58. The number of thioether (sulfide) groups is 1. The van der Waals surface area contributed by atoms with Crippen molar-refractivity contribution < 1.29 is 34.2 Å². The molecule has 33 heavy (non-hydrogen) atoms. The molecule has 2 aliphatic rings. The van der Waals surface area contributed by atoms with Crippen molar-refractivity contribution in [2.45, 2.75) is 18.4 Å². The van der Waals surface area contributed by atoms with Crippen LogP contribution in [0.15, 0.2) is 59.3 Å². The maximum Gasteiger partial charge on any atom is 0.365 e. The molecule has 2 aromatic carbocycles. The van der Waals surface area contributed by atoms with E-state index >= 15 is 0 Å². The van der Waals surface area contributed by atoms with Crippen molar-refractivity contribution in [2.24, 2.45) is 5.92 Å². The molecule has 3 atom stereocenters. The summed E-state index contributed by atoms with van der Waals surface area (Å²) in [6.07, 6.45) is -0.909. The number of hydrogen-bond acceptors (Lipinski definition) is 9. The molecule has 1 amide bonds. The van der Waals surface area contributed by atoms with E-state index < -0.39 is 35.2 Å². The molecule has 1 aromatic heterocycles. The fraction of sp³-hybridized carbons (Fsp3) is 0.190. The third-order valence-electron chi connectivity index (χ3n) is 5.26. The number of rotatable bonds is 6. The molecule has 0 unspecified atom stereocenters. The van der Waals surface area contributed by atoms with Crippen LogP contribution < -0.4 is 9.57 Å². The van der Waals surface area contributed by atoms with E-state index in [2.05, 4.69) is 10.3 Å². The molecule has 11 nitrogen and oxygen atoms in total. The number of aromatic nitrogens is 3. The van der Waals surface area contributed by atoms with Gasteiger partial charge in [-0.15, -0.1) is 5.10 Å². The van der Waals surface area contributed by atoms with Crippen molar-refractivity contribution in [1.29, 1.82) is 0 Å². The number of amides is 1. The lowest BCUT2D eigenvalue weighted by Crippen LogP contribution is -2.60. The number of aliphatic hydroxyl groups excluding tert-OH is 1. The van der Waals surface area contributed by atoms with Crippen LogP contribution in [0.1, 0.15) is 17.3 Å². The van der Waals surface area contributed by atoms with E-state index in [-0.39, 0.29) is 22.1 Å². The fourth-order valence-corrected chi connectivity index (χ4v) is 5.10. The Morgan fingerprint density at radius 3 is 2.58 bits per heavy atom. The number of carbonyl (C=O) groups excluding carboxylic acids is 2. The standard InChI is InChI=1S/C21H16N4O7S/c1-10(26)15-17(27)24-16(19(28)29)21(33-18(15)24)31-12-8-6-11(7-9-12)20(30)32-25-14-5-3-2-4-13(14)22-23-25/h2-10,15,18,26H,1H3,(H,28,29)/t10-,15+,18-/m1/s1. The summed E-state index contributed by atoms with van der Waals surface area (Å²) < 4.78 is 5.71. The summed E-state index contributed by atoms with van der Waals surface area (Å²) in [5.74, 6) is -2.87. The average molecular weight is 468 g/mol. The molecule has 3 heterocycles. The van der Waals surface area contributed by atoms with E-state index in [0.29, 0.717) is 11.0 Å². The van der Waals surface area contributed by atoms with Gasteiger partial charge in [0.1, 0.15) is 22.2 Å². The molecule has 0 saturated carbocycles. The van der Waals surface area contributed by atoms with Crippen molar-refractivity contribution in [3.63, 3.8) is 0 Å². The van der Waals surface area contributed by atoms with Gasteiger partial charge in [0.25, 0.3) is 0 Å². The zero-order valence-corrected chi connectivity index (χ0v) is 17.8. The van der Waals surface area contributed by atoms with Crippen LogP contribution in [0.25, 0.3) is 11.0 Å². The first-order valence-corrected chi connectivity index (χ1v) is 10.7. The second kappa shape index (κ2) is 7.90. The van der Waals surface area contributed by atoms with Crippen LogP contribution in [0.3, 0.4) is 0 Å². The number of carbonyl (C=O) groups is 3. The second-order valence-corrected chi connectivity index (χ2v) is 8.47. The van der Waals surface area contributed by atoms with Gasteiger partial charge in [-0.1, -0.05) is 28.7 Å². The van der Waals surface area contributed by atoms with Crippen LogP contribution in [0.4, 0.5) is 0 Å². The van der Waals surface area contributed by atoms with Gasteiger partial charge in [-0.05, 0) is 48.5 Å². The van der Waals surface area contributed by atoms with Crippen LogP contribution in [-0.4, -0.2) is 59.6 Å². The van der Waals surface area contributed by atoms with Crippen molar-refractivity contribution in [1.82, 2.24) is 20.1 Å². The molecule has 5 rings (SSSR count). The lowest BCUT2D eigenvalue weighted by molar-refractivity contribution is -0.156. The summed E-state index contributed by atoms with van der Waals surface area (Å²) in [4.78, 5) is 43.9.